The monoisotopic (exact) mass is 425 g/mol. The van der Waals surface area contributed by atoms with Gasteiger partial charge in [-0.1, -0.05) is 66.2 Å². The highest BCUT2D eigenvalue weighted by atomic mass is 16.5. The third-order valence-electron chi connectivity index (χ3n) is 6.33. The van der Waals surface area contributed by atoms with Gasteiger partial charge in [0, 0.05) is 5.69 Å². The minimum absolute atomic E-state index is 0.348. The lowest BCUT2D eigenvalue weighted by Gasteiger charge is -2.27. The predicted molar refractivity (Wildman–Crippen MR) is 122 cm³/mol. The van der Waals surface area contributed by atoms with Gasteiger partial charge in [0.25, 0.3) is 0 Å². The van der Waals surface area contributed by atoms with Crippen LogP contribution in [0.5, 0.6) is 0 Å². The molecule has 0 saturated carbocycles. The van der Waals surface area contributed by atoms with Gasteiger partial charge in [0.05, 0.1) is 37.4 Å². The molecule has 2 heterocycles. The van der Waals surface area contributed by atoms with Crippen molar-refractivity contribution in [3.63, 3.8) is 0 Å². The molecule has 32 heavy (non-hydrogen) atoms. The van der Waals surface area contributed by atoms with Crippen molar-refractivity contribution in [1.82, 2.24) is 0 Å². The number of benzene rings is 3. The van der Waals surface area contributed by atoms with E-state index in [0.717, 1.165) is 33.5 Å². The molecule has 3 aromatic rings. The molecule has 2 unspecified atom stereocenters. The number of hydrogen-bond donors (Lipinski definition) is 0. The Bertz CT molecular complexity index is 1240. The first kappa shape index (κ1) is 20.1. The highest BCUT2D eigenvalue weighted by molar-refractivity contribution is 6.07. The lowest BCUT2D eigenvalue weighted by Crippen LogP contribution is -2.23. The Morgan fingerprint density at radius 2 is 1.38 bits per heavy atom. The zero-order chi connectivity index (χ0) is 22.4. The maximum absolute atomic E-state index is 13.0. The molecule has 2 atom stereocenters. The Balaban J connectivity index is 1.79. The quantitative estimate of drug-likeness (QED) is 0.556. The van der Waals surface area contributed by atoms with Gasteiger partial charge in [-0.25, -0.2) is 9.59 Å². The minimum atomic E-state index is -0.511. The van der Waals surface area contributed by atoms with E-state index < -0.39 is 24.0 Å². The summed E-state index contributed by atoms with van der Waals surface area (Å²) >= 11 is 0. The lowest BCUT2D eigenvalue weighted by molar-refractivity contribution is -0.139. The van der Waals surface area contributed by atoms with Crippen LogP contribution in [-0.2, 0) is 19.1 Å². The van der Waals surface area contributed by atoms with Crippen molar-refractivity contribution in [2.24, 2.45) is 0 Å². The second-order valence-corrected chi connectivity index (χ2v) is 8.03. The van der Waals surface area contributed by atoms with Crippen LogP contribution in [0.3, 0.4) is 0 Å². The molecule has 2 aliphatic rings. The van der Waals surface area contributed by atoms with E-state index >= 15 is 0 Å². The number of fused-ring (bicyclic) bond motifs is 5. The number of nitrogens with zero attached hydrogens (tertiary/aromatic N) is 1. The fourth-order valence-electron chi connectivity index (χ4n) is 4.98. The van der Waals surface area contributed by atoms with Crippen molar-refractivity contribution in [1.29, 1.82) is 0 Å². The van der Waals surface area contributed by atoms with E-state index in [2.05, 4.69) is 23.1 Å². The Hall–Kier alpha value is -3.86. The SMILES string of the molecule is COC(=O)C1=C(C(=O)OC)C2c3c(-c4ccccc4)cccc3C1N2c1ccc(C)cc1. The molecule has 0 amide bonds. The molecular weight excluding hydrogens is 402 g/mol. The van der Waals surface area contributed by atoms with Crippen LogP contribution in [-0.4, -0.2) is 26.2 Å². The highest BCUT2D eigenvalue weighted by Crippen LogP contribution is 2.60. The van der Waals surface area contributed by atoms with Gasteiger partial charge in [-0.3, -0.25) is 0 Å². The van der Waals surface area contributed by atoms with E-state index in [0.29, 0.717) is 11.1 Å². The molecule has 2 aliphatic heterocycles. The molecule has 0 N–H and O–H groups in total. The van der Waals surface area contributed by atoms with Crippen LogP contribution in [0.15, 0.2) is 83.9 Å². The van der Waals surface area contributed by atoms with E-state index in [1.54, 1.807) is 0 Å². The summed E-state index contributed by atoms with van der Waals surface area (Å²) < 4.78 is 10.3. The molecule has 0 saturated heterocycles. The number of anilines is 1. The fraction of sp³-hybridized carbons (Fsp3) is 0.185. The molecule has 0 aliphatic carbocycles. The van der Waals surface area contributed by atoms with Crippen LogP contribution in [0.2, 0.25) is 0 Å². The summed E-state index contributed by atoms with van der Waals surface area (Å²) in [6.45, 7) is 2.03. The van der Waals surface area contributed by atoms with Crippen LogP contribution in [0.1, 0.15) is 28.8 Å². The largest absolute Gasteiger partial charge is 0.466 e. The molecule has 5 rings (SSSR count). The maximum atomic E-state index is 13.0. The molecule has 5 nitrogen and oxygen atoms in total. The van der Waals surface area contributed by atoms with Crippen molar-refractivity contribution in [3.05, 3.63) is 101 Å². The number of carbonyl (C=O) groups excluding carboxylic acids is 2. The molecule has 0 spiro atoms. The van der Waals surface area contributed by atoms with Crippen LogP contribution in [0.4, 0.5) is 5.69 Å². The van der Waals surface area contributed by atoms with E-state index in [9.17, 15) is 9.59 Å². The zero-order valence-corrected chi connectivity index (χ0v) is 18.2. The number of hydrogen-bond acceptors (Lipinski definition) is 5. The van der Waals surface area contributed by atoms with Gasteiger partial charge in [-0.05, 0) is 41.3 Å². The summed E-state index contributed by atoms with van der Waals surface area (Å²) in [5.74, 6) is -1.02. The van der Waals surface area contributed by atoms with E-state index in [4.69, 9.17) is 9.47 Å². The average molecular weight is 425 g/mol. The molecule has 0 aromatic heterocycles. The van der Waals surface area contributed by atoms with Gasteiger partial charge in [-0.2, -0.15) is 0 Å². The van der Waals surface area contributed by atoms with Crippen molar-refractivity contribution >= 4 is 17.6 Å². The second kappa shape index (κ2) is 7.68. The van der Waals surface area contributed by atoms with Crippen molar-refractivity contribution in [3.8, 4) is 11.1 Å². The van der Waals surface area contributed by atoms with E-state index in [1.165, 1.54) is 14.2 Å². The smallest absolute Gasteiger partial charge is 0.336 e. The van der Waals surface area contributed by atoms with Crippen LogP contribution >= 0.6 is 0 Å². The third kappa shape index (κ3) is 2.85. The van der Waals surface area contributed by atoms with Gasteiger partial charge >= 0.3 is 11.9 Å². The second-order valence-electron chi connectivity index (χ2n) is 8.03. The number of methoxy groups -OCH3 is 2. The Morgan fingerprint density at radius 3 is 2.00 bits per heavy atom. The summed E-state index contributed by atoms with van der Waals surface area (Å²) in [4.78, 5) is 28.1. The Kier molecular flexibility index (Phi) is 4.82. The summed E-state index contributed by atoms with van der Waals surface area (Å²) in [5, 5.41) is 0. The Labute approximate surface area is 186 Å². The first-order chi connectivity index (χ1) is 15.6. The molecule has 0 fully saturated rings. The number of carbonyl (C=O) groups is 2. The average Bonchev–Trinajstić information content (AvgIpc) is 3.35. The molecular formula is C27H23NO4. The number of rotatable bonds is 4. The molecule has 2 bridgehead atoms. The van der Waals surface area contributed by atoms with Gasteiger partial charge in [0.1, 0.15) is 0 Å². The van der Waals surface area contributed by atoms with E-state index in [-0.39, 0.29) is 0 Å². The van der Waals surface area contributed by atoms with Gasteiger partial charge in [-0.15, -0.1) is 0 Å². The van der Waals surface area contributed by atoms with E-state index in [1.807, 2.05) is 61.5 Å². The summed E-state index contributed by atoms with van der Waals surface area (Å²) in [7, 11) is 2.68. The minimum Gasteiger partial charge on any atom is -0.466 e. The number of aryl methyl sites for hydroxylation is 1. The first-order valence-corrected chi connectivity index (χ1v) is 10.5. The summed E-state index contributed by atoms with van der Waals surface area (Å²) in [5.41, 5.74) is 6.90. The van der Waals surface area contributed by atoms with Crippen molar-refractivity contribution in [2.75, 3.05) is 19.1 Å². The molecule has 5 heteroatoms. The van der Waals surface area contributed by atoms with Crippen molar-refractivity contribution < 1.29 is 19.1 Å². The molecule has 3 aromatic carbocycles. The van der Waals surface area contributed by atoms with Gasteiger partial charge < -0.3 is 14.4 Å². The molecule has 0 radical (unpaired) electrons. The standard InChI is InChI=1S/C27H23NO4/c1-16-12-14-18(15-13-16)28-24-20-11-7-10-19(17-8-5-4-6-9-17)21(20)25(28)23(27(30)32-3)22(24)26(29)31-2/h4-15,24-25H,1-3H3. The fourth-order valence-corrected chi connectivity index (χ4v) is 4.98. The van der Waals surface area contributed by atoms with Gasteiger partial charge in [0.2, 0.25) is 0 Å². The summed E-state index contributed by atoms with van der Waals surface area (Å²) in [6, 6.07) is 23.4. The summed E-state index contributed by atoms with van der Waals surface area (Å²) in [6.07, 6.45) is 0. The first-order valence-electron chi connectivity index (χ1n) is 10.5. The third-order valence-corrected chi connectivity index (χ3v) is 6.33. The number of ether oxygens (including phenoxy) is 2. The van der Waals surface area contributed by atoms with Crippen LogP contribution < -0.4 is 4.90 Å². The van der Waals surface area contributed by atoms with Crippen LogP contribution in [0, 0.1) is 6.92 Å². The number of esters is 2. The topological polar surface area (TPSA) is 55.8 Å². The maximum Gasteiger partial charge on any atom is 0.336 e. The predicted octanol–water partition coefficient (Wildman–Crippen LogP) is 4.92. The lowest BCUT2D eigenvalue weighted by atomic mass is 9.82. The highest BCUT2D eigenvalue weighted by Gasteiger charge is 2.55. The normalized spacial score (nSPS) is 18.5. The van der Waals surface area contributed by atoms with Crippen LogP contribution in [0.25, 0.3) is 11.1 Å². The zero-order valence-electron chi connectivity index (χ0n) is 18.2. The molecule has 160 valence electrons. The van der Waals surface area contributed by atoms with Gasteiger partial charge in [0.15, 0.2) is 0 Å². The van der Waals surface area contributed by atoms with Crippen molar-refractivity contribution in [2.45, 2.75) is 19.0 Å². The Morgan fingerprint density at radius 1 is 0.750 bits per heavy atom.